The molecule has 1 aliphatic rings. The van der Waals surface area contributed by atoms with Gasteiger partial charge in [0.2, 0.25) is 0 Å². The van der Waals surface area contributed by atoms with Gasteiger partial charge < -0.3 is 5.32 Å². The van der Waals surface area contributed by atoms with Gasteiger partial charge in [-0.2, -0.15) is 13.7 Å². The van der Waals surface area contributed by atoms with Crippen molar-refractivity contribution in [2.24, 2.45) is 0 Å². The summed E-state index contributed by atoms with van der Waals surface area (Å²) in [5.41, 5.74) is 0.956. The standard InChI is InChI=1S/C7H8O3S.C6H10N2/c1-6-2-4-7(5-3-6)11(8,9)10;7-5-6-3-1-2-4-8-6/h2-5H,1H3,(H,8,9,10);6,8H,1-4H2. The van der Waals surface area contributed by atoms with E-state index in [1.165, 1.54) is 25.0 Å². The maximum Gasteiger partial charge on any atom is 0.294 e. The Kier molecular flexibility index (Phi) is 5.96. The van der Waals surface area contributed by atoms with Crippen LogP contribution in [0.2, 0.25) is 0 Å². The molecule has 0 saturated carbocycles. The van der Waals surface area contributed by atoms with Crippen molar-refractivity contribution in [2.75, 3.05) is 6.54 Å². The van der Waals surface area contributed by atoms with Crippen molar-refractivity contribution in [3.63, 3.8) is 0 Å². The van der Waals surface area contributed by atoms with Crippen LogP contribution in [0.4, 0.5) is 0 Å². The number of hydrogen-bond donors (Lipinski definition) is 2. The molecule has 6 heteroatoms. The van der Waals surface area contributed by atoms with Crippen LogP contribution in [-0.4, -0.2) is 25.6 Å². The van der Waals surface area contributed by atoms with E-state index in [0.717, 1.165) is 18.5 Å². The zero-order valence-corrected chi connectivity index (χ0v) is 11.7. The zero-order valence-electron chi connectivity index (χ0n) is 10.8. The van der Waals surface area contributed by atoms with Crippen LogP contribution in [0.3, 0.4) is 0 Å². The molecule has 1 fully saturated rings. The van der Waals surface area contributed by atoms with Crippen LogP contribution in [0.5, 0.6) is 0 Å². The molecule has 19 heavy (non-hydrogen) atoms. The Morgan fingerprint density at radius 2 is 1.95 bits per heavy atom. The summed E-state index contributed by atoms with van der Waals surface area (Å²) >= 11 is 0. The van der Waals surface area contributed by atoms with Gasteiger partial charge in [-0.1, -0.05) is 17.7 Å². The molecule has 0 amide bonds. The number of aryl methyl sites for hydroxylation is 1. The predicted molar refractivity (Wildman–Crippen MR) is 72.2 cm³/mol. The molecule has 1 aliphatic heterocycles. The fraction of sp³-hybridized carbons (Fsp3) is 0.462. The molecular weight excluding hydrogens is 264 g/mol. The molecule has 104 valence electrons. The summed E-state index contributed by atoms with van der Waals surface area (Å²) in [5.74, 6) is 0. The lowest BCUT2D eigenvalue weighted by atomic mass is 10.1. The number of benzene rings is 1. The van der Waals surface area contributed by atoms with Gasteiger partial charge in [0.05, 0.1) is 17.0 Å². The van der Waals surface area contributed by atoms with E-state index in [-0.39, 0.29) is 10.9 Å². The quantitative estimate of drug-likeness (QED) is 0.768. The van der Waals surface area contributed by atoms with Crippen LogP contribution in [0.1, 0.15) is 24.8 Å². The molecule has 1 atom stereocenters. The van der Waals surface area contributed by atoms with Gasteiger partial charge in [-0.25, -0.2) is 0 Å². The highest BCUT2D eigenvalue weighted by Gasteiger charge is 2.09. The van der Waals surface area contributed by atoms with Crippen molar-refractivity contribution < 1.29 is 13.0 Å². The van der Waals surface area contributed by atoms with Crippen LogP contribution < -0.4 is 5.32 Å². The molecule has 0 aliphatic carbocycles. The monoisotopic (exact) mass is 282 g/mol. The summed E-state index contributed by atoms with van der Waals surface area (Å²) in [6, 6.07) is 8.32. The minimum atomic E-state index is -4.02. The highest BCUT2D eigenvalue weighted by Crippen LogP contribution is 2.08. The Labute approximate surface area is 114 Å². The van der Waals surface area contributed by atoms with E-state index in [9.17, 15) is 8.42 Å². The first-order chi connectivity index (χ1) is 8.93. The third-order valence-electron chi connectivity index (χ3n) is 2.78. The summed E-state index contributed by atoms with van der Waals surface area (Å²) in [5, 5.41) is 11.5. The van der Waals surface area contributed by atoms with E-state index in [0.29, 0.717) is 0 Å². The zero-order chi connectivity index (χ0) is 14.3. The first kappa shape index (κ1) is 15.6. The lowest BCUT2D eigenvalue weighted by Crippen LogP contribution is -2.32. The van der Waals surface area contributed by atoms with Gasteiger partial charge in [0, 0.05) is 0 Å². The molecule has 5 nitrogen and oxygen atoms in total. The van der Waals surface area contributed by atoms with Gasteiger partial charge in [-0.3, -0.25) is 4.55 Å². The molecule has 1 aromatic carbocycles. The van der Waals surface area contributed by atoms with Crippen LogP contribution in [0, 0.1) is 18.3 Å². The van der Waals surface area contributed by atoms with Gasteiger partial charge >= 0.3 is 0 Å². The molecule has 2 N–H and O–H groups in total. The summed E-state index contributed by atoms with van der Waals surface area (Å²) in [6.07, 6.45) is 3.49. The molecule has 1 unspecified atom stereocenters. The highest BCUT2D eigenvalue weighted by molar-refractivity contribution is 7.85. The van der Waals surface area contributed by atoms with Gasteiger partial charge in [0.25, 0.3) is 10.1 Å². The lowest BCUT2D eigenvalue weighted by Gasteiger charge is -2.15. The molecule has 1 saturated heterocycles. The second kappa shape index (κ2) is 7.24. The minimum Gasteiger partial charge on any atom is -0.302 e. The van der Waals surface area contributed by atoms with Crippen LogP contribution in [0.25, 0.3) is 0 Å². The van der Waals surface area contributed by atoms with E-state index >= 15 is 0 Å². The average Bonchev–Trinajstić information content (AvgIpc) is 2.40. The van der Waals surface area contributed by atoms with Crippen molar-refractivity contribution >= 4 is 10.1 Å². The van der Waals surface area contributed by atoms with Crippen molar-refractivity contribution in [3.05, 3.63) is 29.8 Å². The average molecular weight is 282 g/mol. The van der Waals surface area contributed by atoms with Crippen LogP contribution in [-0.2, 0) is 10.1 Å². The Balaban J connectivity index is 0.000000200. The maximum atomic E-state index is 10.5. The smallest absolute Gasteiger partial charge is 0.294 e. The molecule has 2 rings (SSSR count). The summed E-state index contributed by atoms with van der Waals surface area (Å²) in [7, 11) is -4.02. The molecule has 0 radical (unpaired) electrons. The Morgan fingerprint density at radius 3 is 2.32 bits per heavy atom. The van der Waals surface area contributed by atoms with Crippen LogP contribution in [0.15, 0.2) is 29.2 Å². The topological polar surface area (TPSA) is 90.2 Å². The fourth-order valence-electron chi connectivity index (χ4n) is 1.67. The third kappa shape index (κ3) is 5.83. The number of nitrogens with zero attached hydrogens (tertiary/aromatic N) is 1. The fourth-order valence-corrected chi connectivity index (χ4v) is 2.15. The second-order valence-electron chi connectivity index (χ2n) is 4.42. The Hall–Kier alpha value is -1.42. The third-order valence-corrected chi connectivity index (χ3v) is 3.65. The number of nitrogens with one attached hydrogen (secondary N) is 1. The van der Waals surface area contributed by atoms with E-state index < -0.39 is 10.1 Å². The number of nitriles is 1. The van der Waals surface area contributed by atoms with Gasteiger partial charge in [0.1, 0.15) is 0 Å². The summed E-state index contributed by atoms with van der Waals surface area (Å²) in [6.45, 7) is 2.87. The van der Waals surface area contributed by atoms with E-state index in [1.807, 2.05) is 6.92 Å². The SMILES string of the molecule is Cc1ccc(S(=O)(=O)O)cc1.N#CC1CCCCN1. The molecule has 0 aromatic heterocycles. The predicted octanol–water partition coefficient (Wildman–Crippen LogP) is 1.89. The molecule has 1 heterocycles. The molecule has 1 aromatic rings. The van der Waals surface area contributed by atoms with E-state index in [1.54, 1.807) is 12.1 Å². The lowest BCUT2D eigenvalue weighted by molar-refractivity contribution is 0.461. The van der Waals surface area contributed by atoms with Crippen molar-refractivity contribution in [1.82, 2.24) is 5.32 Å². The number of rotatable bonds is 1. The van der Waals surface area contributed by atoms with Crippen molar-refractivity contribution in [1.29, 1.82) is 5.26 Å². The van der Waals surface area contributed by atoms with E-state index in [4.69, 9.17) is 9.81 Å². The maximum absolute atomic E-state index is 10.5. The summed E-state index contributed by atoms with van der Waals surface area (Å²) < 4.78 is 29.6. The first-order valence-electron chi connectivity index (χ1n) is 6.10. The largest absolute Gasteiger partial charge is 0.302 e. The second-order valence-corrected chi connectivity index (χ2v) is 5.84. The minimum absolute atomic E-state index is 0.0666. The number of piperidine rings is 1. The normalized spacial score (nSPS) is 18.9. The first-order valence-corrected chi connectivity index (χ1v) is 7.54. The Bertz CT molecular complexity index is 526. The van der Waals surface area contributed by atoms with Gasteiger partial charge in [-0.05, 0) is 44.9 Å². The number of hydrogen-bond acceptors (Lipinski definition) is 4. The summed E-state index contributed by atoms with van der Waals surface area (Å²) in [4.78, 5) is -0.0666. The van der Waals surface area contributed by atoms with Crippen LogP contribution >= 0.6 is 0 Å². The molecular formula is C13H18N2O3S. The Morgan fingerprint density at radius 1 is 1.32 bits per heavy atom. The van der Waals surface area contributed by atoms with Gasteiger partial charge in [0.15, 0.2) is 0 Å². The molecule has 0 bridgehead atoms. The van der Waals surface area contributed by atoms with Crippen molar-refractivity contribution in [3.8, 4) is 6.07 Å². The van der Waals surface area contributed by atoms with E-state index in [2.05, 4.69) is 11.4 Å². The van der Waals surface area contributed by atoms with Gasteiger partial charge in [-0.15, -0.1) is 0 Å². The highest BCUT2D eigenvalue weighted by atomic mass is 32.2. The molecule has 0 spiro atoms. The van der Waals surface area contributed by atoms with Crippen molar-refractivity contribution in [2.45, 2.75) is 37.1 Å².